The van der Waals surface area contributed by atoms with Gasteiger partial charge in [0.25, 0.3) is 0 Å². The minimum absolute atomic E-state index is 0. The number of hydrogen-bond donors (Lipinski definition) is 7. The van der Waals surface area contributed by atoms with Crippen LogP contribution in [0.3, 0.4) is 0 Å². The van der Waals surface area contributed by atoms with Gasteiger partial charge in [-0.05, 0) is 165 Å². The minimum Gasteiger partial charge on any atom is -0.480 e. The number of carboxylic acid groups (broad SMARTS) is 1. The number of carbonyl (C=O) groups excluding carboxylic acids is 7. The molecular formula is C65H91I3N6O16. The highest BCUT2D eigenvalue weighted by molar-refractivity contribution is 15.0. The van der Waals surface area contributed by atoms with E-state index in [-0.39, 0.29) is 55.4 Å². The maximum absolute atomic E-state index is 12.6. The zero-order chi connectivity index (χ0) is 66.3. The summed E-state index contributed by atoms with van der Waals surface area (Å²) in [7, 11) is 2.59. The molecule has 5 amide bonds. The van der Waals surface area contributed by atoms with E-state index in [4.69, 9.17) is 34.2 Å². The Morgan fingerprint density at radius 2 is 0.744 bits per heavy atom. The summed E-state index contributed by atoms with van der Waals surface area (Å²) in [5.41, 5.74) is 12.9. The average molecular weight is 1590 g/mol. The van der Waals surface area contributed by atoms with Gasteiger partial charge >= 0.3 is 48.4 Å². The second-order valence-electron chi connectivity index (χ2n) is 23.8. The number of nitrogens with two attached hydrogens (primary N) is 1. The normalized spacial score (nSPS) is 12.8. The lowest BCUT2D eigenvalue weighted by Gasteiger charge is -2.20. The van der Waals surface area contributed by atoms with E-state index in [1.807, 2.05) is 106 Å². The Bertz CT molecular complexity index is 2840. The summed E-state index contributed by atoms with van der Waals surface area (Å²) in [5, 5.41) is 22.5. The van der Waals surface area contributed by atoms with E-state index in [1.54, 1.807) is 41.5 Å². The number of amides is 5. The zero-order valence-electron chi connectivity index (χ0n) is 53.3. The number of carbonyl (C=O) groups is 8. The Morgan fingerprint density at radius 1 is 0.456 bits per heavy atom. The number of benzene rings is 4. The Labute approximate surface area is 569 Å². The van der Waals surface area contributed by atoms with Crippen LogP contribution in [0.5, 0.6) is 0 Å². The Balaban J connectivity index is 0.000000474. The summed E-state index contributed by atoms with van der Waals surface area (Å²) in [6.45, 7) is 17.7. The van der Waals surface area contributed by atoms with Gasteiger partial charge < -0.3 is 70.6 Å². The molecule has 90 heavy (non-hydrogen) atoms. The van der Waals surface area contributed by atoms with Crippen molar-refractivity contribution < 1.29 is 76.6 Å². The molecule has 0 bridgehead atoms. The first kappa shape index (κ1) is 79.9. The van der Waals surface area contributed by atoms with Crippen LogP contribution in [0.4, 0.5) is 24.0 Å². The van der Waals surface area contributed by atoms with Crippen molar-refractivity contribution in [3.63, 3.8) is 0 Å². The molecule has 0 fully saturated rings. The van der Waals surface area contributed by atoms with Crippen molar-refractivity contribution in [2.24, 2.45) is 5.73 Å². The number of methoxy groups -OCH3 is 2. The number of nitrogens with one attached hydrogen (secondary N) is 5. The monoisotopic (exact) mass is 1590 g/mol. The molecule has 0 saturated heterocycles. The van der Waals surface area contributed by atoms with Crippen molar-refractivity contribution >= 4 is 110 Å². The molecule has 2 aliphatic rings. The molecule has 4 aromatic carbocycles. The molecule has 0 aliphatic heterocycles. The summed E-state index contributed by atoms with van der Waals surface area (Å²) < 4.78 is 35.7. The van der Waals surface area contributed by atoms with Gasteiger partial charge in [-0.2, -0.15) is 0 Å². The molecule has 2 aliphatic carbocycles. The maximum atomic E-state index is 12.6. The van der Waals surface area contributed by atoms with Gasteiger partial charge in [-0.25, -0.2) is 33.6 Å². The van der Waals surface area contributed by atoms with E-state index < -0.39 is 83.3 Å². The standard InChI is InChI=1S/C27H34N2O6.C26H32N2O6.C12H24N2O4.I2.HI/c1-27(2,3)35-25(31)28-16-10-9-15-23(24(30)33-4)29-26(32)34-17-22-20-13-7-5-11-18(20)19-12-6-8-14-21(19)22;1-26(2,3)34-24(31)27-15-9-8-14-22(23(29)30)28-25(32)33-16-21-19-12-6-4-10-17(19)18-11-5-7-13-20(18)21;1-12(2,3)18-11(16)14-8-6-5-7-9(13)10(15)17-4;1-2;/h5-8,11-14,22-23H,9-10,15-17H2,1-4H3,(H,28,31)(H,29,32);4-7,10-13,21-22H,8-9,14-16H2,1-3H3,(H,27,31)(H,28,32)(H,29,30);9H,5-8,13H2,1-4H3,(H,14,16);;1H/t23-;22-;9-;;/m000../s1. The molecule has 6 rings (SSSR count). The van der Waals surface area contributed by atoms with Gasteiger partial charge in [-0.3, -0.25) is 4.79 Å². The third kappa shape index (κ3) is 29.4. The predicted octanol–water partition coefficient (Wildman–Crippen LogP) is 13.0. The molecule has 4 aromatic rings. The Morgan fingerprint density at radius 3 is 1.04 bits per heavy atom. The highest BCUT2D eigenvalue weighted by Crippen LogP contribution is 2.45. The van der Waals surface area contributed by atoms with Gasteiger partial charge in [0.15, 0.2) is 0 Å². The minimum atomic E-state index is -1.13. The first-order valence-corrected chi connectivity index (χ1v) is 35.8. The first-order chi connectivity index (χ1) is 42.1. The van der Waals surface area contributed by atoms with E-state index in [0.717, 1.165) is 57.3 Å². The van der Waals surface area contributed by atoms with Crippen molar-refractivity contribution in [3.05, 3.63) is 119 Å². The largest absolute Gasteiger partial charge is 0.480 e. The number of hydrogen-bond acceptors (Lipinski definition) is 16. The van der Waals surface area contributed by atoms with Gasteiger partial charge in [0.05, 0.1) is 14.2 Å². The molecule has 3 atom stereocenters. The summed E-state index contributed by atoms with van der Waals surface area (Å²) in [6, 6.07) is 29.7. The lowest BCUT2D eigenvalue weighted by molar-refractivity contribution is -0.143. The fraction of sp³-hybridized carbons (Fsp3) is 0.508. The molecule has 0 saturated carbocycles. The topological polar surface area (TPSA) is 308 Å². The van der Waals surface area contributed by atoms with Crippen LogP contribution in [0.15, 0.2) is 97.1 Å². The van der Waals surface area contributed by atoms with Gasteiger partial charge in [0, 0.05) is 68.7 Å². The number of fused-ring (bicyclic) bond motifs is 6. The summed E-state index contributed by atoms with van der Waals surface area (Å²) >= 11 is 4.24. The van der Waals surface area contributed by atoms with E-state index in [2.05, 4.69) is 80.7 Å². The second kappa shape index (κ2) is 40.6. The zero-order valence-corrected chi connectivity index (χ0v) is 60.0. The lowest BCUT2D eigenvalue weighted by atomic mass is 9.98. The molecule has 498 valence electrons. The number of halogens is 3. The molecular weight excluding hydrogens is 1500 g/mol. The van der Waals surface area contributed by atoms with Crippen LogP contribution in [0.2, 0.25) is 0 Å². The van der Waals surface area contributed by atoms with Crippen LogP contribution in [-0.2, 0) is 47.5 Å². The van der Waals surface area contributed by atoms with E-state index in [9.17, 15) is 43.5 Å². The molecule has 22 nitrogen and oxygen atoms in total. The maximum Gasteiger partial charge on any atom is 0.407 e. The molecule has 0 aromatic heterocycles. The van der Waals surface area contributed by atoms with Gasteiger partial charge in [-0.15, -0.1) is 24.0 Å². The highest BCUT2D eigenvalue weighted by Gasteiger charge is 2.32. The van der Waals surface area contributed by atoms with E-state index in [0.29, 0.717) is 58.2 Å². The third-order valence-electron chi connectivity index (χ3n) is 13.3. The van der Waals surface area contributed by atoms with Crippen LogP contribution in [-0.4, -0.2) is 135 Å². The van der Waals surface area contributed by atoms with Gasteiger partial charge in [-0.1, -0.05) is 97.1 Å². The number of ether oxygens (including phenoxy) is 7. The molecule has 0 radical (unpaired) electrons. The number of carboxylic acids is 1. The van der Waals surface area contributed by atoms with Crippen molar-refractivity contribution in [2.75, 3.05) is 47.1 Å². The third-order valence-corrected chi connectivity index (χ3v) is 13.3. The quantitative estimate of drug-likeness (QED) is 0.0148. The SMILES string of the molecule is CC(C)(C)OC(=O)NCCCC[C@H](NC(=O)OCC1c2ccccc2-c2ccccc21)C(=O)O.COC(=O)[C@@H](N)CCCCNC(=O)OC(C)(C)C.COC(=O)[C@H](CCCCNC(=O)OC(C)(C)C)NC(=O)OCC1c2ccccc2-c2ccccc21.I.II. The van der Waals surface area contributed by atoms with Crippen LogP contribution >= 0.6 is 61.2 Å². The number of unbranched alkanes of at least 4 members (excludes halogenated alkanes) is 3. The fourth-order valence-electron chi connectivity index (χ4n) is 9.43. The summed E-state index contributed by atoms with van der Waals surface area (Å²) in [5.74, 6) is -2.24. The number of esters is 2. The van der Waals surface area contributed by atoms with E-state index >= 15 is 0 Å². The average Bonchev–Trinajstić information content (AvgIpc) is 1.64. The predicted molar refractivity (Wildman–Crippen MR) is 371 cm³/mol. The second-order valence-corrected chi connectivity index (χ2v) is 23.8. The van der Waals surface area contributed by atoms with Crippen LogP contribution in [0.25, 0.3) is 22.3 Å². The van der Waals surface area contributed by atoms with Gasteiger partial charge in [0.1, 0.15) is 48.1 Å². The fourth-order valence-corrected chi connectivity index (χ4v) is 9.43. The molecule has 0 unspecified atom stereocenters. The first-order valence-electron chi connectivity index (χ1n) is 29.5. The highest BCUT2D eigenvalue weighted by atomic mass is 128. The summed E-state index contributed by atoms with van der Waals surface area (Å²) in [6.07, 6.45) is 1.97. The molecule has 0 spiro atoms. The lowest BCUT2D eigenvalue weighted by Crippen LogP contribution is -2.42. The number of alkyl carbamates (subject to hydrolysis) is 5. The van der Waals surface area contributed by atoms with Crippen LogP contribution < -0.4 is 32.3 Å². The van der Waals surface area contributed by atoms with Crippen LogP contribution in [0, 0.1) is 0 Å². The Kier molecular flexibility index (Phi) is 36.0. The molecule has 8 N–H and O–H groups in total. The molecule has 0 heterocycles. The van der Waals surface area contributed by atoms with Crippen molar-refractivity contribution in [3.8, 4) is 22.3 Å². The van der Waals surface area contributed by atoms with E-state index in [1.165, 1.54) is 14.2 Å². The summed E-state index contributed by atoms with van der Waals surface area (Å²) in [4.78, 5) is 94.3. The smallest absolute Gasteiger partial charge is 0.407 e. The van der Waals surface area contributed by atoms with Crippen LogP contribution in [0.1, 0.15) is 154 Å². The van der Waals surface area contributed by atoms with Crippen molar-refractivity contribution in [2.45, 2.75) is 167 Å². The Hall–Kier alpha value is -6.21. The van der Waals surface area contributed by atoms with Gasteiger partial charge in [0.2, 0.25) is 0 Å². The van der Waals surface area contributed by atoms with Crippen molar-refractivity contribution in [1.82, 2.24) is 26.6 Å². The molecule has 25 heteroatoms. The number of aliphatic carboxylic acids is 1. The van der Waals surface area contributed by atoms with Crippen molar-refractivity contribution in [1.29, 1.82) is 0 Å². The number of rotatable bonds is 24.